The van der Waals surface area contributed by atoms with Crippen LogP contribution in [0, 0.1) is 0 Å². The normalized spacial score (nSPS) is 17.1. The number of nitrogens with zero attached hydrogens (tertiary/aromatic N) is 6. The fourth-order valence-corrected chi connectivity index (χ4v) is 7.78. The number of aromatic nitrogens is 4. The van der Waals surface area contributed by atoms with Crippen molar-refractivity contribution >= 4 is 58.2 Å². The van der Waals surface area contributed by atoms with Gasteiger partial charge < -0.3 is 20.1 Å². The molecule has 6 amide bonds. The lowest BCUT2D eigenvalue weighted by atomic mass is 9.97. The molecule has 2 aliphatic heterocycles. The first-order valence-electron chi connectivity index (χ1n) is 19.0. The fourth-order valence-electron chi connectivity index (χ4n) is 7.78. The first-order chi connectivity index (χ1) is 26.6. The number of carbonyl (C=O) groups is 6. The van der Waals surface area contributed by atoms with Crippen LogP contribution in [0.5, 0.6) is 0 Å². The third kappa shape index (κ3) is 7.82. The lowest BCUT2D eigenvalue weighted by Gasteiger charge is -2.27. The second kappa shape index (κ2) is 16.2. The minimum Gasteiger partial charge on any atom is -0.352 e. The van der Waals surface area contributed by atoms with E-state index < -0.39 is 29.7 Å². The first-order valence-corrected chi connectivity index (χ1v) is 19.0. The third-order valence-corrected chi connectivity index (χ3v) is 10.6. The van der Waals surface area contributed by atoms with E-state index in [0.29, 0.717) is 52.8 Å². The van der Waals surface area contributed by atoms with Gasteiger partial charge in [-0.15, -0.1) is 0 Å². The highest BCUT2D eigenvalue weighted by atomic mass is 16.2. The van der Waals surface area contributed by atoms with Gasteiger partial charge >= 0.3 is 0 Å². The Balaban J connectivity index is 0.851. The monoisotopic (exact) mass is 747 g/mol. The van der Waals surface area contributed by atoms with Crippen molar-refractivity contribution in [3.8, 4) is 0 Å². The molecule has 1 saturated carbocycles. The van der Waals surface area contributed by atoms with Gasteiger partial charge in [-0.05, 0) is 68.4 Å². The number of unbranched alkanes of at least 4 members (excludes halogenated alkanes) is 4. The number of hydrogen-bond acceptors (Lipinski definition) is 10. The quantitative estimate of drug-likeness (QED) is 0.120. The molecule has 2 fully saturated rings. The summed E-state index contributed by atoms with van der Waals surface area (Å²) in [6.07, 6.45) is 12.7. The molecule has 0 radical (unpaired) electrons. The van der Waals surface area contributed by atoms with Crippen LogP contribution in [0.1, 0.15) is 124 Å². The molecule has 4 aromatic rings. The molecule has 1 aromatic carbocycles. The van der Waals surface area contributed by atoms with Crippen LogP contribution in [0.25, 0.3) is 11.0 Å². The number of carbonyl (C=O) groups excluding carboxylic acids is 6. The Hall–Kier alpha value is -5.99. The molecule has 3 aromatic heterocycles. The zero-order valence-corrected chi connectivity index (χ0v) is 31.1. The van der Waals surface area contributed by atoms with Gasteiger partial charge in [0.2, 0.25) is 17.8 Å². The van der Waals surface area contributed by atoms with E-state index in [9.17, 15) is 28.8 Å². The predicted molar refractivity (Wildman–Crippen MR) is 203 cm³/mol. The molecule has 15 heteroatoms. The highest BCUT2D eigenvalue weighted by Crippen LogP contribution is 2.35. The maximum absolute atomic E-state index is 13.3. The summed E-state index contributed by atoms with van der Waals surface area (Å²) in [4.78, 5) is 92.4. The van der Waals surface area contributed by atoms with E-state index in [4.69, 9.17) is 4.98 Å². The second-order valence-electron chi connectivity index (χ2n) is 14.6. The minimum absolute atomic E-state index is 0.0690. The number of benzene rings is 1. The van der Waals surface area contributed by atoms with Gasteiger partial charge in [0.15, 0.2) is 0 Å². The van der Waals surface area contributed by atoms with Gasteiger partial charge in [0.1, 0.15) is 23.2 Å². The standard InChI is InChI=1S/C40H45N9O6/c1-47(2)38(54)30-21-26-23-43-40(46-34(26)48(30)27-13-7-8-14-27)44-31-18-16-25(22-42-31)35(51)41-20-9-5-3-4-6-11-24-12-10-15-28-33(24)39(55)49(37(28)53)29-17-19-32(50)45-36(29)52/h10,12,15-16,18,21-23,27,29H,3-9,11,13-14,17,19-20H2,1-2H3,(H,41,51)(H,45,50,52)(H,42,43,44,46). The van der Waals surface area contributed by atoms with Crippen molar-refractivity contribution in [3.63, 3.8) is 0 Å². The Morgan fingerprint density at radius 1 is 0.909 bits per heavy atom. The Morgan fingerprint density at radius 3 is 2.44 bits per heavy atom. The third-order valence-electron chi connectivity index (χ3n) is 10.6. The molecule has 15 nitrogen and oxygen atoms in total. The summed E-state index contributed by atoms with van der Waals surface area (Å²) in [6.45, 7) is 0.518. The van der Waals surface area contributed by atoms with Crippen LogP contribution >= 0.6 is 0 Å². The molecule has 1 atom stereocenters. The van der Waals surface area contributed by atoms with Gasteiger partial charge in [0.25, 0.3) is 23.6 Å². The van der Waals surface area contributed by atoms with Crippen molar-refractivity contribution in [2.75, 3.05) is 26.0 Å². The molecule has 1 aliphatic carbocycles. The van der Waals surface area contributed by atoms with Crippen LogP contribution in [-0.2, 0) is 16.0 Å². The average molecular weight is 748 g/mol. The highest BCUT2D eigenvalue weighted by molar-refractivity contribution is 6.24. The summed E-state index contributed by atoms with van der Waals surface area (Å²) in [5, 5.41) is 9.11. The van der Waals surface area contributed by atoms with Crippen LogP contribution in [0.3, 0.4) is 0 Å². The number of fused-ring (bicyclic) bond motifs is 2. The SMILES string of the molecule is CN(C)C(=O)c1cc2cnc(Nc3ccc(C(=O)NCCCCCCCc4cccc5c4C(=O)N(C4CCC(=O)NC4=O)C5=O)cn3)nc2n1C1CCCC1. The largest absolute Gasteiger partial charge is 0.352 e. The number of hydrogen-bond donors (Lipinski definition) is 3. The Labute approximate surface area is 318 Å². The van der Waals surface area contributed by atoms with Crippen LogP contribution in [0.15, 0.2) is 48.8 Å². The van der Waals surface area contributed by atoms with Crippen LogP contribution in [-0.4, -0.2) is 91.4 Å². The fraction of sp³-hybridized carbons (Fsp3) is 0.425. The van der Waals surface area contributed by atoms with E-state index in [1.165, 1.54) is 6.20 Å². The molecular formula is C40H45N9O6. The number of anilines is 2. The van der Waals surface area contributed by atoms with E-state index >= 15 is 0 Å². The van der Waals surface area contributed by atoms with Crippen molar-refractivity contribution in [2.45, 2.75) is 89.1 Å². The molecule has 55 heavy (non-hydrogen) atoms. The number of aryl methyl sites for hydroxylation is 1. The smallest absolute Gasteiger partial charge is 0.270 e. The van der Waals surface area contributed by atoms with Gasteiger partial charge in [-0.25, -0.2) is 9.97 Å². The minimum atomic E-state index is -0.981. The van der Waals surface area contributed by atoms with E-state index in [2.05, 4.69) is 30.5 Å². The molecule has 1 unspecified atom stereocenters. The summed E-state index contributed by atoms with van der Waals surface area (Å²) in [5.41, 5.74) is 3.19. The van der Waals surface area contributed by atoms with Crippen molar-refractivity contribution in [1.29, 1.82) is 0 Å². The molecular weight excluding hydrogens is 702 g/mol. The van der Waals surface area contributed by atoms with E-state index in [0.717, 1.165) is 73.6 Å². The van der Waals surface area contributed by atoms with Crippen LogP contribution in [0.2, 0.25) is 0 Å². The van der Waals surface area contributed by atoms with Gasteiger partial charge in [-0.3, -0.25) is 39.0 Å². The highest BCUT2D eigenvalue weighted by Gasteiger charge is 2.45. The maximum Gasteiger partial charge on any atom is 0.270 e. The summed E-state index contributed by atoms with van der Waals surface area (Å²) < 4.78 is 2.06. The Kier molecular flexibility index (Phi) is 11.0. The molecule has 0 spiro atoms. The van der Waals surface area contributed by atoms with Gasteiger partial charge in [-0.2, -0.15) is 4.98 Å². The predicted octanol–water partition coefficient (Wildman–Crippen LogP) is 4.71. The lowest BCUT2D eigenvalue weighted by molar-refractivity contribution is -0.136. The number of amides is 6. The first kappa shape index (κ1) is 37.3. The summed E-state index contributed by atoms with van der Waals surface area (Å²) in [6, 6.07) is 9.70. The van der Waals surface area contributed by atoms with E-state index in [1.54, 1.807) is 49.5 Å². The molecule has 5 heterocycles. The zero-order valence-electron chi connectivity index (χ0n) is 31.1. The van der Waals surface area contributed by atoms with Crippen molar-refractivity contribution in [2.24, 2.45) is 0 Å². The molecule has 286 valence electrons. The zero-order chi connectivity index (χ0) is 38.6. The number of piperidine rings is 1. The van der Waals surface area contributed by atoms with Crippen molar-refractivity contribution < 1.29 is 28.8 Å². The number of pyridine rings is 1. The molecule has 0 bridgehead atoms. The molecule has 3 N–H and O–H groups in total. The molecule has 7 rings (SSSR count). The van der Waals surface area contributed by atoms with Gasteiger partial charge in [0, 0.05) is 50.9 Å². The van der Waals surface area contributed by atoms with Crippen molar-refractivity contribution in [3.05, 3.63) is 76.7 Å². The lowest BCUT2D eigenvalue weighted by Crippen LogP contribution is -2.54. The number of rotatable bonds is 14. The van der Waals surface area contributed by atoms with Crippen LogP contribution in [0.4, 0.5) is 11.8 Å². The summed E-state index contributed by atoms with van der Waals surface area (Å²) >= 11 is 0. The average Bonchev–Trinajstić information content (AvgIpc) is 3.90. The summed E-state index contributed by atoms with van der Waals surface area (Å²) in [7, 11) is 3.49. The Morgan fingerprint density at radius 2 is 1.69 bits per heavy atom. The molecule has 3 aliphatic rings. The molecule has 1 saturated heterocycles. The Bertz CT molecular complexity index is 2160. The topological polar surface area (TPSA) is 189 Å². The van der Waals surface area contributed by atoms with Crippen molar-refractivity contribution in [1.82, 2.24) is 40.0 Å². The second-order valence-corrected chi connectivity index (χ2v) is 14.6. The maximum atomic E-state index is 13.3. The van der Waals surface area contributed by atoms with E-state index in [1.807, 2.05) is 12.1 Å². The van der Waals surface area contributed by atoms with Crippen LogP contribution < -0.4 is 16.0 Å². The van der Waals surface area contributed by atoms with Gasteiger partial charge in [-0.1, -0.05) is 44.2 Å². The summed E-state index contributed by atoms with van der Waals surface area (Å²) in [5.74, 6) is -1.44. The van der Waals surface area contributed by atoms with Gasteiger partial charge in [0.05, 0.1) is 16.7 Å². The number of nitrogens with one attached hydrogen (secondary N) is 3. The van der Waals surface area contributed by atoms with E-state index in [-0.39, 0.29) is 30.7 Å². The number of imide groups is 2.